The Morgan fingerprint density at radius 3 is 2.16 bits per heavy atom. The molecule has 2 aromatic carbocycles. The lowest BCUT2D eigenvalue weighted by molar-refractivity contribution is -0.131. The van der Waals surface area contributed by atoms with Crippen molar-refractivity contribution in [1.82, 2.24) is 15.5 Å². The zero-order chi connectivity index (χ0) is 27.6. The summed E-state index contributed by atoms with van der Waals surface area (Å²) in [5, 5.41) is 11.7. The molecule has 12 heteroatoms. The van der Waals surface area contributed by atoms with E-state index in [0.29, 0.717) is 11.5 Å². The number of hydrogen-bond donors (Lipinski definition) is 4. The molecule has 0 heterocycles. The standard InChI is InChI=1S/C25H31N3O8S/c1-6-7-16-34-19-12-14-21(15-13-19)37(32,33)28-22(23(29)27-31)18-8-10-20(11-9-18)35-17(2)26-24(30)36-25(3,4)5/h8-15,17,22,28,31H,16H2,1-5H3,(H,26,30)(H,27,29). The summed E-state index contributed by atoms with van der Waals surface area (Å²) in [4.78, 5) is 24.1. The van der Waals surface area contributed by atoms with Crippen LogP contribution in [0.2, 0.25) is 0 Å². The van der Waals surface area contributed by atoms with Gasteiger partial charge in [0.25, 0.3) is 5.91 Å². The molecule has 0 aliphatic carbocycles. The van der Waals surface area contributed by atoms with Gasteiger partial charge in [-0.05, 0) is 76.6 Å². The van der Waals surface area contributed by atoms with Crippen LogP contribution in [0.1, 0.15) is 46.2 Å². The van der Waals surface area contributed by atoms with Gasteiger partial charge in [-0.2, -0.15) is 4.72 Å². The van der Waals surface area contributed by atoms with E-state index >= 15 is 0 Å². The van der Waals surface area contributed by atoms with Crippen LogP contribution in [-0.4, -0.2) is 44.1 Å². The molecule has 0 saturated heterocycles. The van der Waals surface area contributed by atoms with Crippen LogP contribution in [0.15, 0.2) is 53.4 Å². The molecule has 0 spiro atoms. The number of hydrogen-bond acceptors (Lipinski definition) is 8. The first-order valence-electron chi connectivity index (χ1n) is 11.2. The number of alkyl carbamates (subject to hydrolysis) is 1. The van der Waals surface area contributed by atoms with E-state index in [1.807, 2.05) is 0 Å². The summed E-state index contributed by atoms with van der Waals surface area (Å²) in [6.07, 6.45) is -1.39. The number of ether oxygens (including phenoxy) is 3. The van der Waals surface area contributed by atoms with Crippen molar-refractivity contribution in [2.24, 2.45) is 0 Å². The average molecular weight is 534 g/mol. The summed E-state index contributed by atoms with van der Waals surface area (Å²) in [7, 11) is -4.16. The van der Waals surface area contributed by atoms with E-state index in [0.717, 1.165) is 0 Å². The Bertz CT molecular complexity index is 1230. The van der Waals surface area contributed by atoms with Crippen LogP contribution in [0, 0.1) is 11.8 Å². The molecule has 0 aromatic heterocycles. The van der Waals surface area contributed by atoms with Crippen molar-refractivity contribution in [1.29, 1.82) is 0 Å². The highest BCUT2D eigenvalue weighted by atomic mass is 32.2. The second-order valence-electron chi connectivity index (χ2n) is 8.69. The van der Waals surface area contributed by atoms with E-state index in [-0.39, 0.29) is 17.1 Å². The third-order valence-electron chi connectivity index (χ3n) is 4.51. The van der Waals surface area contributed by atoms with Crippen LogP contribution in [0.5, 0.6) is 11.5 Å². The molecule has 4 N–H and O–H groups in total. The summed E-state index contributed by atoms with van der Waals surface area (Å²) < 4.78 is 44.3. The van der Waals surface area contributed by atoms with Gasteiger partial charge in [0.15, 0.2) is 6.23 Å². The molecule has 0 aliphatic heterocycles. The minimum atomic E-state index is -4.16. The van der Waals surface area contributed by atoms with Crippen LogP contribution < -0.4 is 25.0 Å². The Morgan fingerprint density at radius 1 is 1.03 bits per heavy atom. The fraction of sp³-hybridized carbons (Fsp3) is 0.360. The van der Waals surface area contributed by atoms with Gasteiger partial charge in [-0.25, -0.2) is 18.7 Å². The van der Waals surface area contributed by atoms with Gasteiger partial charge in [0, 0.05) is 0 Å². The molecule has 0 aliphatic rings. The lowest BCUT2D eigenvalue weighted by atomic mass is 10.1. The highest BCUT2D eigenvalue weighted by molar-refractivity contribution is 7.89. The number of hydroxylamine groups is 1. The lowest BCUT2D eigenvalue weighted by Crippen LogP contribution is -2.40. The SMILES string of the molecule is CC#CCOc1ccc(S(=O)(=O)NC(C(=O)NO)c2ccc(OC(C)NC(=O)OC(C)(C)C)cc2)cc1. The van der Waals surface area contributed by atoms with Crippen molar-refractivity contribution in [2.75, 3.05) is 6.61 Å². The molecular weight excluding hydrogens is 502 g/mol. The highest BCUT2D eigenvalue weighted by Crippen LogP contribution is 2.22. The molecule has 0 radical (unpaired) electrons. The zero-order valence-corrected chi connectivity index (χ0v) is 22.0. The molecule has 2 unspecified atom stereocenters. The van der Waals surface area contributed by atoms with Gasteiger partial charge in [-0.1, -0.05) is 18.1 Å². The minimum Gasteiger partial charge on any atom is -0.481 e. The van der Waals surface area contributed by atoms with Crippen molar-refractivity contribution < 1.29 is 37.4 Å². The Hall–Kier alpha value is -3.79. The number of sulfonamides is 1. The van der Waals surface area contributed by atoms with Crippen molar-refractivity contribution in [2.45, 2.75) is 57.4 Å². The van der Waals surface area contributed by atoms with E-state index < -0.39 is 39.9 Å². The molecule has 2 rings (SSSR count). The zero-order valence-electron chi connectivity index (χ0n) is 21.2. The van der Waals surface area contributed by atoms with Gasteiger partial charge < -0.3 is 14.2 Å². The molecule has 11 nitrogen and oxygen atoms in total. The molecule has 2 amide bonds. The van der Waals surface area contributed by atoms with E-state index in [4.69, 9.17) is 14.2 Å². The second-order valence-corrected chi connectivity index (χ2v) is 10.4. The van der Waals surface area contributed by atoms with Gasteiger partial charge in [0.1, 0.15) is 29.7 Å². The van der Waals surface area contributed by atoms with Crippen LogP contribution >= 0.6 is 0 Å². The topological polar surface area (TPSA) is 152 Å². The smallest absolute Gasteiger partial charge is 0.410 e. The predicted molar refractivity (Wildman–Crippen MR) is 134 cm³/mol. The third kappa shape index (κ3) is 9.64. The van der Waals surface area contributed by atoms with Crippen LogP contribution in [-0.2, 0) is 19.6 Å². The Kier molecular flexibility index (Phi) is 10.3. The normalized spacial score (nSPS) is 12.8. The van der Waals surface area contributed by atoms with Crippen LogP contribution in [0.3, 0.4) is 0 Å². The van der Waals surface area contributed by atoms with E-state index in [2.05, 4.69) is 21.9 Å². The van der Waals surface area contributed by atoms with Gasteiger partial charge in [-0.3, -0.25) is 15.3 Å². The van der Waals surface area contributed by atoms with Gasteiger partial charge in [0.05, 0.1) is 4.90 Å². The summed E-state index contributed by atoms with van der Waals surface area (Å²) >= 11 is 0. The number of benzene rings is 2. The maximum atomic E-state index is 12.9. The fourth-order valence-corrected chi connectivity index (χ4v) is 4.10. The maximum Gasteiger partial charge on any atom is 0.410 e. The second kappa shape index (κ2) is 13.0. The van der Waals surface area contributed by atoms with Crippen molar-refractivity contribution in [3.05, 3.63) is 54.1 Å². The molecule has 2 atom stereocenters. The summed E-state index contributed by atoms with van der Waals surface area (Å²) in [6, 6.07) is 9.99. The summed E-state index contributed by atoms with van der Waals surface area (Å²) in [6.45, 7) is 8.64. The van der Waals surface area contributed by atoms with Crippen molar-refractivity contribution >= 4 is 22.0 Å². The Labute approximate surface area is 216 Å². The number of nitrogens with one attached hydrogen (secondary N) is 3. The molecule has 0 saturated carbocycles. The first-order chi connectivity index (χ1) is 17.3. The minimum absolute atomic E-state index is 0.112. The molecule has 37 heavy (non-hydrogen) atoms. The number of carbonyl (C=O) groups is 2. The van der Waals surface area contributed by atoms with E-state index in [1.54, 1.807) is 34.6 Å². The van der Waals surface area contributed by atoms with Gasteiger partial charge in [-0.15, -0.1) is 5.92 Å². The Balaban J connectivity index is 2.12. The van der Waals surface area contributed by atoms with Gasteiger partial charge in [0.2, 0.25) is 10.0 Å². The monoisotopic (exact) mass is 533 g/mol. The predicted octanol–water partition coefficient (Wildman–Crippen LogP) is 2.86. The van der Waals surface area contributed by atoms with E-state index in [1.165, 1.54) is 54.0 Å². The van der Waals surface area contributed by atoms with Crippen molar-refractivity contribution in [3.8, 4) is 23.3 Å². The first-order valence-corrected chi connectivity index (χ1v) is 12.7. The van der Waals surface area contributed by atoms with Gasteiger partial charge >= 0.3 is 6.09 Å². The number of rotatable bonds is 10. The average Bonchev–Trinajstić information content (AvgIpc) is 2.82. The summed E-state index contributed by atoms with van der Waals surface area (Å²) in [5.74, 6) is 5.19. The van der Waals surface area contributed by atoms with E-state index in [9.17, 15) is 23.2 Å². The molecule has 0 fully saturated rings. The lowest BCUT2D eigenvalue weighted by Gasteiger charge is -2.22. The molecule has 2 aromatic rings. The quantitative estimate of drug-likeness (QED) is 0.157. The first kappa shape index (κ1) is 29.4. The largest absolute Gasteiger partial charge is 0.481 e. The summed E-state index contributed by atoms with van der Waals surface area (Å²) in [5.41, 5.74) is 1.03. The number of carbonyl (C=O) groups excluding carboxylic acids is 2. The fourth-order valence-electron chi connectivity index (χ4n) is 2.91. The third-order valence-corrected chi connectivity index (χ3v) is 5.95. The van der Waals surface area contributed by atoms with Crippen LogP contribution in [0.25, 0.3) is 0 Å². The molecular formula is C25H31N3O8S. The Morgan fingerprint density at radius 2 is 1.62 bits per heavy atom. The molecule has 200 valence electrons. The van der Waals surface area contributed by atoms with Crippen LogP contribution in [0.4, 0.5) is 4.79 Å². The number of amides is 2. The highest BCUT2D eigenvalue weighted by Gasteiger charge is 2.27. The molecule has 0 bridgehead atoms. The maximum absolute atomic E-state index is 12.9. The van der Waals surface area contributed by atoms with Crippen molar-refractivity contribution in [3.63, 3.8) is 0 Å².